The van der Waals surface area contributed by atoms with Gasteiger partial charge in [0, 0.05) is 18.3 Å². The van der Waals surface area contributed by atoms with Crippen LogP contribution in [0.15, 0.2) is 60.8 Å². The van der Waals surface area contributed by atoms with E-state index in [2.05, 4.69) is 20.4 Å². The third kappa shape index (κ3) is 5.98. The number of benzene rings is 2. The minimum atomic E-state index is -4.77. The van der Waals surface area contributed by atoms with E-state index < -0.39 is 6.36 Å². The van der Waals surface area contributed by atoms with Crippen molar-refractivity contribution in [3.05, 3.63) is 76.4 Å². The summed E-state index contributed by atoms with van der Waals surface area (Å²) in [5, 5.41) is 7.00. The van der Waals surface area contributed by atoms with Gasteiger partial charge in [-0.2, -0.15) is 0 Å². The van der Waals surface area contributed by atoms with Crippen LogP contribution < -0.4 is 15.4 Å². The van der Waals surface area contributed by atoms with Crippen LogP contribution in [0.25, 0.3) is 11.3 Å². The fourth-order valence-electron chi connectivity index (χ4n) is 2.62. The molecule has 3 aromatic rings. The monoisotopic (exact) mass is 471 g/mol. The van der Waals surface area contributed by atoms with E-state index in [0.29, 0.717) is 32.1 Å². The molecule has 0 amide bonds. The quantitative estimate of drug-likeness (QED) is 0.419. The van der Waals surface area contributed by atoms with Crippen LogP contribution in [-0.4, -0.2) is 16.5 Å². The van der Waals surface area contributed by atoms with Crippen molar-refractivity contribution < 1.29 is 17.9 Å². The molecule has 0 spiro atoms. The molecule has 10 heteroatoms. The zero-order valence-electron chi connectivity index (χ0n) is 15.1. The van der Waals surface area contributed by atoms with E-state index in [9.17, 15) is 13.2 Å². The van der Waals surface area contributed by atoms with Gasteiger partial charge in [-0.05, 0) is 48.1 Å². The van der Waals surface area contributed by atoms with Crippen molar-refractivity contribution in [2.45, 2.75) is 12.9 Å². The van der Waals surface area contributed by atoms with Gasteiger partial charge in [0.25, 0.3) is 0 Å². The maximum absolute atomic E-state index is 12.5. The fraction of sp³-hybridized carbons (Fsp3) is 0.100. The van der Waals surface area contributed by atoms with Crippen LogP contribution in [-0.2, 0) is 6.54 Å². The zero-order chi connectivity index (χ0) is 21.7. The number of rotatable bonds is 5. The van der Waals surface area contributed by atoms with Crippen LogP contribution >= 0.6 is 35.4 Å². The molecule has 1 heterocycles. The highest BCUT2D eigenvalue weighted by atomic mass is 35.5. The molecule has 4 nitrogen and oxygen atoms in total. The van der Waals surface area contributed by atoms with E-state index in [4.69, 9.17) is 35.4 Å². The molecule has 0 aliphatic rings. The highest BCUT2D eigenvalue weighted by Crippen LogP contribution is 2.30. The van der Waals surface area contributed by atoms with Gasteiger partial charge in [-0.15, -0.1) is 13.2 Å². The number of anilines is 1. The Morgan fingerprint density at radius 2 is 1.83 bits per heavy atom. The largest absolute Gasteiger partial charge is 0.573 e. The van der Waals surface area contributed by atoms with E-state index in [1.807, 2.05) is 0 Å². The van der Waals surface area contributed by atoms with Crippen molar-refractivity contribution in [1.29, 1.82) is 0 Å². The number of pyridine rings is 1. The van der Waals surface area contributed by atoms with Crippen LogP contribution in [0.1, 0.15) is 5.56 Å². The lowest BCUT2D eigenvalue weighted by Gasteiger charge is -2.15. The third-order valence-electron chi connectivity index (χ3n) is 3.87. The molecule has 0 bridgehead atoms. The number of thiocarbonyl (C=S) groups is 1. The first-order valence-corrected chi connectivity index (χ1v) is 9.68. The second kappa shape index (κ2) is 9.51. The summed E-state index contributed by atoms with van der Waals surface area (Å²) in [6.07, 6.45) is -3.22. The Kier molecular flexibility index (Phi) is 7.02. The van der Waals surface area contributed by atoms with E-state index in [-0.39, 0.29) is 12.3 Å². The summed E-state index contributed by atoms with van der Waals surface area (Å²) in [7, 11) is 0. The molecular weight excluding hydrogens is 458 g/mol. The van der Waals surface area contributed by atoms with E-state index in [1.165, 1.54) is 18.2 Å². The molecule has 0 atom stereocenters. The van der Waals surface area contributed by atoms with Gasteiger partial charge in [-0.3, -0.25) is 4.98 Å². The summed E-state index contributed by atoms with van der Waals surface area (Å²) >= 11 is 17.4. The Morgan fingerprint density at radius 3 is 2.60 bits per heavy atom. The maximum atomic E-state index is 12.5. The molecule has 0 saturated heterocycles. The van der Waals surface area contributed by atoms with Gasteiger partial charge in [0.2, 0.25) is 0 Å². The second-order valence-electron chi connectivity index (χ2n) is 6.00. The molecule has 0 fully saturated rings. The SMILES string of the molecule is FC(F)(F)Oc1cccc(-c2ncccc2CNC(=S)Nc2cccc(Cl)c2Cl)c1. The number of hydrogen-bond donors (Lipinski definition) is 2. The minimum Gasteiger partial charge on any atom is -0.406 e. The number of nitrogens with one attached hydrogen (secondary N) is 2. The van der Waals surface area contributed by atoms with Crippen molar-refractivity contribution in [3.8, 4) is 17.0 Å². The number of ether oxygens (including phenoxy) is 1. The summed E-state index contributed by atoms with van der Waals surface area (Å²) in [4.78, 5) is 4.30. The molecule has 0 aliphatic heterocycles. The van der Waals surface area contributed by atoms with Crippen LogP contribution in [0.5, 0.6) is 5.75 Å². The maximum Gasteiger partial charge on any atom is 0.573 e. The third-order valence-corrected chi connectivity index (χ3v) is 4.94. The Bertz CT molecular complexity index is 1060. The molecule has 2 aromatic carbocycles. The first-order valence-electron chi connectivity index (χ1n) is 8.52. The topological polar surface area (TPSA) is 46.2 Å². The minimum absolute atomic E-state index is 0.275. The molecule has 0 aliphatic carbocycles. The normalized spacial score (nSPS) is 11.1. The average Bonchev–Trinajstić information content (AvgIpc) is 2.69. The second-order valence-corrected chi connectivity index (χ2v) is 7.19. The number of aromatic nitrogens is 1. The lowest BCUT2D eigenvalue weighted by molar-refractivity contribution is -0.274. The van der Waals surface area contributed by atoms with Crippen molar-refractivity contribution in [3.63, 3.8) is 0 Å². The Balaban J connectivity index is 1.74. The van der Waals surface area contributed by atoms with Crippen molar-refractivity contribution >= 4 is 46.2 Å². The zero-order valence-corrected chi connectivity index (χ0v) is 17.5. The first-order chi connectivity index (χ1) is 14.2. The molecule has 0 saturated carbocycles. The van der Waals surface area contributed by atoms with Crippen LogP contribution in [0.4, 0.5) is 18.9 Å². The summed E-state index contributed by atoms with van der Waals surface area (Å²) < 4.78 is 41.5. The van der Waals surface area contributed by atoms with Gasteiger partial charge in [-0.25, -0.2) is 0 Å². The lowest BCUT2D eigenvalue weighted by Crippen LogP contribution is -2.28. The molecule has 30 heavy (non-hydrogen) atoms. The fourth-order valence-corrected chi connectivity index (χ4v) is 3.15. The molecule has 2 N–H and O–H groups in total. The van der Waals surface area contributed by atoms with Gasteiger partial charge >= 0.3 is 6.36 Å². The molecule has 0 unspecified atom stereocenters. The first kappa shape index (κ1) is 22.1. The highest BCUT2D eigenvalue weighted by molar-refractivity contribution is 7.80. The predicted molar refractivity (Wildman–Crippen MR) is 116 cm³/mol. The number of alkyl halides is 3. The molecular formula is C20H14Cl2F3N3OS. The van der Waals surface area contributed by atoms with Gasteiger partial charge in [0.05, 0.1) is 21.4 Å². The summed E-state index contributed by atoms with van der Waals surface area (Å²) in [6.45, 7) is 0.275. The number of nitrogens with zero attached hydrogens (tertiary/aromatic N) is 1. The average molecular weight is 472 g/mol. The van der Waals surface area contributed by atoms with Gasteiger partial charge < -0.3 is 15.4 Å². The standard InChI is InChI=1S/C20H14Cl2F3N3OS/c21-15-7-2-8-16(17(15)22)28-19(30)27-11-13-5-3-9-26-18(13)12-4-1-6-14(10-12)29-20(23,24)25/h1-10H,11H2,(H2,27,28,30). The predicted octanol–water partition coefficient (Wildman–Crippen LogP) is 6.44. The van der Waals surface area contributed by atoms with Crippen molar-refractivity contribution in [2.24, 2.45) is 0 Å². The van der Waals surface area contributed by atoms with Gasteiger partial charge in [-0.1, -0.05) is 47.5 Å². The molecule has 3 rings (SSSR count). The van der Waals surface area contributed by atoms with Gasteiger partial charge in [0.15, 0.2) is 5.11 Å². The number of hydrogen-bond acceptors (Lipinski definition) is 3. The van der Waals surface area contributed by atoms with E-state index >= 15 is 0 Å². The lowest BCUT2D eigenvalue weighted by atomic mass is 10.1. The summed E-state index contributed by atoms with van der Waals surface area (Å²) in [5.74, 6) is -0.322. The van der Waals surface area contributed by atoms with E-state index in [0.717, 1.165) is 5.56 Å². The van der Waals surface area contributed by atoms with Crippen LogP contribution in [0.2, 0.25) is 10.0 Å². The molecule has 1 aromatic heterocycles. The summed E-state index contributed by atoms with van der Waals surface area (Å²) in [6, 6.07) is 14.3. The Morgan fingerprint density at radius 1 is 1.07 bits per heavy atom. The smallest absolute Gasteiger partial charge is 0.406 e. The number of halogens is 5. The van der Waals surface area contributed by atoms with Crippen molar-refractivity contribution in [1.82, 2.24) is 10.3 Å². The van der Waals surface area contributed by atoms with Gasteiger partial charge in [0.1, 0.15) is 5.75 Å². The van der Waals surface area contributed by atoms with Crippen LogP contribution in [0.3, 0.4) is 0 Å². The molecule has 156 valence electrons. The van der Waals surface area contributed by atoms with E-state index in [1.54, 1.807) is 42.6 Å². The Labute approximate surface area is 186 Å². The summed E-state index contributed by atoms with van der Waals surface area (Å²) in [5.41, 5.74) is 2.25. The van der Waals surface area contributed by atoms with Crippen LogP contribution in [0, 0.1) is 0 Å². The highest BCUT2D eigenvalue weighted by Gasteiger charge is 2.31. The molecule has 0 radical (unpaired) electrons. The van der Waals surface area contributed by atoms with Crippen molar-refractivity contribution in [2.75, 3.05) is 5.32 Å². The Hall–Kier alpha value is -2.55.